The molecule has 0 saturated carbocycles. The van der Waals surface area contributed by atoms with Gasteiger partial charge in [-0.2, -0.15) is 4.98 Å². The number of rotatable bonds is 7. The van der Waals surface area contributed by atoms with Crippen molar-refractivity contribution in [2.75, 3.05) is 20.3 Å². The molecule has 0 spiro atoms. The summed E-state index contributed by atoms with van der Waals surface area (Å²) in [7, 11) is 1.20. The molecular weight excluding hydrogens is 344 g/mol. The number of halogens is 2. The molecule has 0 aliphatic heterocycles. The molecule has 0 aliphatic rings. The van der Waals surface area contributed by atoms with Crippen LogP contribution in [0.2, 0.25) is 0 Å². The Morgan fingerprint density at radius 3 is 2.72 bits per heavy atom. The zero-order valence-corrected chi connectivity index (χ0v) is 12.9. The number of carbonyl (C=O) groups excluding carboxylic acids is 2. The van der Waals surface area contributed by atoms with Crippen molar-refractivity contribution >= 4 is 11.9 Å². The molecule has 1 aromatic carbocycles. The van der Waals surface area contributed by atoms with E-state index < -0.39 is 36.2 Å². The Morgan fingerprint density at radius 1 is 1.28 bits per heavy atom. The summed E-state index contributed by atoms with van der Waals surface area (Å²) in [6, 6.07) is 2.23. The molecule has 0 saturated heterocycles. The lowest BCUT2D eigenvalue weighted by Crippen LogP contribution is -2.17. The van der Waals surface area contributed by atoms with Gasteiger partial charge in [-0.3, -0.25) is 4.79 Å². The van der Waals surface area contributed by atoms with Crippen LogP contribution in [0.5, 0.6) is 6.01 Å². The summed E-state index contributed by atoms with van der Waals surface area (Å²) in [5, 5.41) is 13.0. The van der Waals surface area contributed by atoms with Crippen LogP contribution in [0.25, 0.3) is 11.4 Å². The average molecular weight is 357 g/mol. The smallest absolute Gasteiger partial charge is 0.344 e. The first-order valence-corrected chi connectivity index (χ1v) is 6.87. The number of hydrogen-bond acceptors (Lipinski definition) is 8. The maximum absolute atomic E-state index is 13.7. The van der Waals surface area contributed by atoms with E-state index in [4.69, 9.17) is 9.47 Å². The van der Waals surface area contributed by atoms with Gasteiger partial charge in [0, 0.05) is 6.07 Å². The molecule has 0 bridgehead atoms. The summed E-state index contributed by atoms with van der Waals surface area (Å²) in [5.41, 5.74) is -0.216. The first-order chi connectivity index (χ1) is 11.9. The maximum Gasteiger partial charge on any atom is 0.344 e. The van der Waals surface area contributed by atoms with Crippen LogP contribution >= 0.6 is 0 Å². The minimum atomic E-state index is -0.962. The number of aromatic nitrogens is 3. The monoisotopic (exact) mass is 357 g/mol. The lowest BCUT2D eigenvalue weighted by molar-refractivity contribution is -0.149. The van der Waals surface area contributed by atoms with E-state index in [-0.39, 0.29) is 29.3 Å². The van der Waals surface area contributed by atoms with Crippen molar-refractivity contribution in [2.24, 2.45) is 0 Å². The van der Waals surface area contributed by atoms with Gasteiger partial charge in [0.15, 0.2) is 6.61 Å². The van der Waals surface area contributed by atoms with Gasteiger partial charge >= 0.3 is 17.9 Å². The van der Waals surface area contributed by atoms with E-state index in [0.29, 0.717) is 6.07 Å². The van der Waals surface area contributed by atoms with Gasteiger partial charge in [-0.15, -0.1) is 0 Å². The van der Waals surface area contributed by atoms with Crippen LogP contribution in [0, 0.1) is 11.6 Å². The third-order valence-electron chi connectivity index (χ3n) is 2.86. The fourth-order valence-corrected chi connectivity index (χ4v) is 1.70. The van der Waals surface area contributed by atoms with Gasteiger partial charge in [0.1, 0.15) is 18.2 Å². The number of benzene rings is 1. The summed E-state index contributed by atoms with van der Waals surface area (Å²) in [5.74, 6) is -3.45. The van der Waals surface area contributed by atoms with E-state index in [1.54, 1.807) is 0 Å². The van der Waals surface area contributed by atoms with Crippen LogP contribution in [0.3, 0.4) is 0 Å². The first-order valence-electron chi connectivity index (χ1n) is 6.87. The van der Waals surface area contributed by atoms with Gasteiger partial charge in [-0.05, 0) is 12.1 Å². The first kappa shape index (κ1) is 18.1. The van der Waals surface area contributed by atoms with E-state index in [1.807, 2.05) is 0 Å². The fourth-order valence-electron chi connectivity index (χ4n) is 1.70. The highest BCUT2D eigenvalue weighted by Crippen LogP contribution is 2.22. The molecular formula is C14H13F2N3O6. The Bertz CT molecular complexity index is 780. The highest BCUT2D eigenvalue weighted by atomic mass is 19.1. The summed E-state index contributed by atoms with van der Waals surface area (Å²) in [6.45, 7) is -0.792. The number of hydrogen-bond donors (Lipinski definition) is 1. The molecule has 1 N–H and O–H groups in total. The Kier molecular flexibility index (Phi) is 5.82. The normalized spacial score (nSPS) is 10.4. The van der Waals surface area contributed by atoms with Crippen molar-refractivity contribution in [2.45, 2.75) is 6.42 Å². The molecule has 9 nitrogen and oxygen atoms in total. The van der Waals surface area contributed by atoms with Crippen molar-refractivity contribution in [3.8, 4) is 17.4 Å². The number of nitrogens with zero attached hydrogens (tertiary/aromatic N) is 3. The average Bonchev–Trinajstić information content (AvgIpc) is 2.93. The van der Waals surface area contributed by atoms with Gasteiger partial charge in [-0.25, -0.2) is 13.6 Å². The summed E-state index contributed by atoms with van der Waals surface area (Å²) >= 11 is 0. The molecule has 2 aromatic rings. The summed E-state index contributed by atoms with van der Waals surface area (Å²) in [6.07, 6.45) is -0.111. The number of esters is 2. The predicted octanol–water partition coefficient (Wildman–Crippen LogP) is 0.946. The second-order valence-corrected chi connectivity index (χ2v) is 4.57. The van der Waals surface area contributed by atoms with Gasteiger partial charge in [0.05, 0.1) is 19.1 Å². The van der Waals surface area contributed by atoms with Gasteiger partial charge < -0.3 is 19.4 Å². The van der Waals surface area contributed by atoms with Gasteiger partial charge in [-0.1, -0.05) is 9.94 Å². The second kappa shape index (κ2) is 8.04. The third-order valence-corrected chi connectivity index (χ3v) is 2.86. The van der Waals surface area contributed by atoms with Crippen LogP contribution < -0.4 is 4.74 Å². The van der Waals surface area contributed by atoms with E-state index in [0.717, 1.165) is 12.1 Å². The molecule has 0 radical (unpaired) electrons. The van der Waals surface area contributed by atoms with Crippen molar-refractivity contribution < 1.29 is 37.8 Å². The molecule has 2 rings (SSSR count). The summed E-state index contributed by atoms with van der Waals surface area (Å²) < 4.78 is 40.6. The van der Waals surface area contributed by atoms with Crippen molar-refractivity contribution in [1.82, 2.24) is 14.9 Å². The SMILES string of the molecule is COC(=O)CCOC(=O)COc1nc(-c2ccc(F)cc2F)n(O)n1. The van der Waals surface area contributed by atoms with Crippen molar-refractivity contribution in [1.29, 1.82) is 0 Å². The van der Waals surface area contributed by atoms with Crippen LogP contribution in [0.1, 0.15) is 6.42 Å². The largest absolute Gasteiger partial charge is 0.469 e. The quantitative estimate of drug-likeness (QED) is 0.576. The second-order valence-electron chi connectivity index (χ2n) is 4.57. The Labute approximate surface area is 139 Å². The van der Waals surface area contributed by atoms with Crippen LogP contribution in [-0.4, -0.2) is 52.4 Å². The molecule has 134 valence electrons. The van der Waals surface area contributed by atoms with E-state index in [1.165, 1.54) is 7.11 Å². The van der Waals surface area contributed by atoms with Crippen LogP contribution in [0.4, 0.5) is 8.78 Å². The van der Waals surface area contributed by atoms with Crippen molar-refractivity contribution in [3.63, 3.8) is 0 Å². The molecule has 0 fully saturated rings. The Hall–Kier alpha value is -3.24. The number of ether oxygens (including phenoxy) is 3. The highest BCUT2D eigenvalue weighted by molar-refractivity contribution is 5.72. The zero-order chi connectivity index (χ0) is 18.4. The predicted molar refractivity (Wildman–Crippen MR) is 75.6 cm³/mol. The van der Waals surface area contributed by atoms with Crippen LogP contribution in [0.15, 0.2) is 18.2 Å². The Balaban J connectivity index is 1.94. The van der Waals surface area contributed by atoms with E-state index in [2.05, 4.69) is 14.8 Å². The molecule has 0 atom stereocenters. The van der Waals surface area contributed by atoms with E-state index in [9.17, 15) is 23.6 Å². The molecule has 0 unspecified atom stereocenters. The third kappa shape index (κ3) is 4.86. The lowest BCUT2D eigenvalue weighted by Gasteiger charge is -2.03. The molecule has 1 heterocycles. The molecule has 25 heavy (non-hydrogen) atoms. The maximum atomic E-state index is 13.7. The number of carbonyl (C=O) groups is 2. The topological polar surface area (TPSA) is 113 Å². The zero-order valence-electron chi connectivity index (χ0n) is 12.9. The minimum Gasteiger partial charge on any atom is -0.469 e. The summed E-state index contributed by atoms with van der Waals surface area (Å²) in [4.78, 5) is 26.2. The van der Waals surface area contributed by atoms with Gasteiger partial charge in [0.25, 0.3) is 0 Å². The molecule has 0 aliphatic carbocycles. The number of methoxy groups -OCH3 is 1. The van der Waals surface area contributed by atoms with E-state index >= 15 is 0 Å². The van der Waals surface area contributed by atoms with Crippen LogP contribution in [-0.2, 0) is 19.1 Å². The molecule has 11 heteroatoms. The highest BCUT2D eigenvalue weighted by Gasteiger charge is 2.18. The standard InChI is InChI=1S/C14H13F2N3O6/c1-23-11(20)4-5-24-12(21)7-25-14-17-13(19(22)18-14)9-3-2-8(15)6-10(9)16/h2-3,6,22H,4-5,7H2,1H3. The lowest BCUT2D eigenvalue weighted by atomic mass is 10.2. The van der Waals surface area contributed by atoms with Crippen molar-refractivity contribution in [3.05, 3.63) is 29.8 Å². The minimum absolute atomic E-state index is 0.111. The Morgan fingerprint density at radius 2 is 2.04 bits per heavy atom. The fraction of sp³-hybridized carbons (Fsp3) is 0.286. The van der Waals surface area contributed by atoms with Gasteiger partial charge in [0.2, 0.25) is 5.82 Å². The molecule has 0 amide bonds. The molecule has 1 aromatic heterocycles.